The third-order valence-electron chi connectivity index (χ3n) is 2.96. The van der Waals surface area contributed by atoms with Gasteiger partial charge in [0.1, 0.15) is 0 Å². The second-order valence-electron chi connectivity index (χ2n) is 4.65. The van der Waals surface area contributed by atoms with Gasteiger partial charge in [0.15, 0.2) is 0 Å². The Labute approximate surface area is 141 Å². The van der Waals surface area contributed by atoms with Gasteiger partial charge in [0.2, 0.25) is 0 Å². The van der Waals surface area contributed by atoms with Crippen molar-refractivity contribution in [2.75, 3.05) is 12.8 Å². The number of hydrogen-bond donors (Lipinski definition) is 1. The highest BCUT2D eigenvalue weighted by Crippen LogP contribution is 2.29. The first kappa shape index (κ1) is 16.1. The monoisotopic (exact) mass is 386 g/mol. The van der Waals surface area contributed by atoms with Crippen LogP contribution in [0.2, 0.25) is 10.0 Å². The van der Waals surface area contributed by atoms with Gasteiger partial charge in [-0.2, -0.15) is 0 Å². The van der Waals surface area contributed by atoms with Gasteiger partial charge in [-0.1, -0.05) is 51.3 Å². The molecule has 0 fully saturated rings. The second-order valence-corrected chi connectivity index (χ2v) is 6.35. The van der Waals surface area contributed by atoms with Crippen LogP contribution in [0.1, 0.15) is 15.9 Å². The van der Waals surface area contributed by atoms with Gasteiger partial charge in [-0.3, -0.25) is 4.79 Å². The number of anilines is 1. The lowest BCUT2D eigenvalue weighted by molar-refractivity contribution is 0.0785. The van der Waals surface area contributed by atoms with E-state index in [0.29, 0.717) is 17.8 Å². The van der Waals surface area contributed by atoms with Crippen molar-refractivity contribution in [3.8, 4) is 0 Å². The van der Waals surface area contributed by atoms with Crippen molar-refractivity contribution in [2.24, 2.45) is 0 Å². The number of nitrogens with two attached hydrogens (primary N) is 1. The largest absolute Gasteiger partial charge is 0.397 e. The molecule has 0 saturated carbocycles. The Balaban J connectivity index is 2.20. The number of nitrogens with zero attached hydrogens (tertiary/aromatic N) is 1. The summed E-state index contributed by atoms with van der Waals surface area (Å²) in [5, 5.41) is 0.540. The zero-order valence-corrected chi connectivity index (χ0v) is 14.3. The van der Waals surface area contributed by atoms with Gasteiger partial charge in [0, 0.05) is 23.6 Å². The molecule has 2 rings (SSSR count). The smallest absolute Gasteiger partial charge is 0.254 e. The Morgan fingerprint density at radius 1 is 1.29 bits per heavy atom. The average Bonchev–Trinajstić information content (AvgIpc) is 2.43. The van der Waals surface area contributed by atoms with Crippen molar-refractivity contribution in [3.05, 3.63) is 62.0 Å². The number of carbonyl (C=O) groups excluding carboxylic acids is 1. The molecule has 0 saturated heterocycles. The van der Waals surface area contributed by atoms with E-state index in [1.807, 2.05) is 24.3 Å². The molecule has 110 valence electrons. The molecule has 0 radical (unpaired) electrons. The first-order chi connectivity index (χ1) is 9.88. The number of benzene rings is 2. The van der Waals surface area contributed by atoms with Crippen LogP contribution in [0.4, 0.5) is 5.69 Å². The van der Waals surface area contributed by atoms with Crippen molar-refractivity contribution in [1.29, 1.82) is 0 Å². The van der Waals surface area contributed by atoms with Crippen LogP contribution in [0.15, 0.2) is 40.9 Å². The van der Waals surface area contributed by atoms with Crippen LogP contribution in [0.25, 0.3) is 0 Å². The minimum absolute atomic E-state index is 0.166. The number of nitrogen functional groups attached to an aromatic ring is 1. The van der Waals surface area contributed by atoms with E-state index in [1.54, 1.807) is 11.9 Å². The van der Waals surface area contributed by atoms with Crippen LogP contribution in [0.3, 0.4) is 0 Å². The fraction of sp³-hybridized carbons (Fsp3) is 0.133. The van der Waals surface area contributed by atoms with Crippen molar-refractivity contribution in [3.63, 3.8) is 0 Å². The molecule has 0 aromatic heterocycles. The third kappa shape index (κ3) is 3.90. The summed E-state index contributed by atoms with van der Waals surface area (Å²) in [6, 6.07) is 10.8. The SMILES string of the molecule is CN(Cc1cccc(Br)c1)C(=O)c1cc(N)c(Cl)c(Cl)c1. The lowest BCUT2D eigenvalue weighted by atomic mass is 10.1. The molecule has 2 aromatic rings. The summed E-state index contributed by atoms with van der Waals surface area (Å²) in [5.74, 6) is -0.166. The maximum absolute atomic E-state index is 12.4. The van der Waals surface area contributed by atoms with Crippen LogP contribution in [0, 0.1) is 0 Å². The number of halogens is 3. The van der Waals surface area contributed by atoms with Crippen LogP contribution in [-0.4, -0.2) is 17.9 Å². The van der Waals surface area contributed by atoms with Crippen LogP contribution in [-0.2, 0) is 6.54 Å². The van der Waals surface area contributed by atoms with E-state index in [9.17, 15) is 4.79 Å². The summed E-state index contributed by atoms with van der Waals surface area (Å²) >= 11 is 15.3. The van der Waals surface area contributed by atoms with Crippen molar-refractivity contribution in [1.82, 2.24) is 4.90 Å². The molecular weight excluding hydrogens is 375 g/mol. The van der Waals surface area contributed by atoms with Gasteiger partial charge >= 0.3 is 0 Å². The van der Waals surface area contributed by atoms with Gasteiger partial charge < -0.3 is 10.6 Å². The lowest BCUT2D eigenvalue weighted by Gasteiger charge is -2.18. The first-order valence-electron chi connectivity index (χ1n) is 6.13. The summed E-state index contributed by atoms with van der Waals surface area (Å²) in [6.07, 6.45) is 0. The Morgan fingerprint density at radius 2 is 2.00 bits per heavy atom. The van der Waals surface area contributed by atoms with E-state index < -0.39 is 0 Å². The van der Waals surface area contributed by atoms with E-state index in [4.69, 9.17) is 28.9 Å². The summed E-state index contributed by atoms with van der Waals surface area (Å²) in [4.78, 5) is 14.0. The zero-order valence-electron chi connectivity index (χ0n) is 11.2. The minimum Gasteiger partial charge on any atom is -0.397 e. The van der Waals surface area contributed by atoms with Gasteiger partial charge in [-0.25, -0.2) is 0 Å². The Kier molecular flexibility index (Phi) is 5.14. The topological polar surface area (TPSA) is 46.3 Å². The van der Waals surface area contributed by atoms with E-state index in [0.717, 1.165) is 10.0 Å². The van der Waals surface area contributed by atoms with Crippen molar-refractivity contribution < 1.29 is 4.79 Å². The van der Waals surface area contributed by atoms with Gasteiger partial charge in [0.25, 0.3) is 5.91 Å². The molecule has 0 heterocycles. The fourth-order valence-electron chi connectivity index (χ4n) is 1.94. The highest BCUT2D eigenvalue weighted by Gasteiger charge is 2.15. The Morgan fingerprint density at radius 3 is 2.62 bits per heavy atom. The van der Waals surface area contributed by atoms with E-state index >= 15 is 0 Å². The molecule has 0 aliphatic rings. The molecule has 0 spiro atoms. The Bertz CT molecular complexity index is 668. The summed E-state index contributed by atoms with van der Waals surface area (Å²) in [5.41, 5.74) is 7.47. The molecule has 0 aliphatic carbocycles. The van der Waals surface area contributed by atoms with Crippen LogP contribution < -0.4 is 5.73 Å². The molecule has 21 heavy (non-hydrogen) atoms. The predicted molar refractivity (Wildman–Crippen MR) is 90.8 cm³/mol. The third-order valence-corrected chi connectivity index (χ3v) is 4.27. The number of hydrogen-bond acceptors (Lipinski definition) is 2. The predicted octanol–water partition coefficient (Wildman–Crippen LogP) is 4.61. The molecule has 6 heteroatoms. The highest BCUT2D eigenvalue weighted by molar-refractivity contribution is 9.10. The van der Waals surface area contributed by atoms with E-state index in [-0.39, 0.29) is 16.0 Å². The quantitative estimate of drug-likeness (QED) is 0.781. The number of rotatable bonds is 3. The minimum atomic E-state index is -0.166. The standard InChI is InChI=1S/C15H13BrCl2N2O/c1-20(8-9-3-2-4-11(16)5-9)15(21)10-6-12(17)14(18)13(19)7-10/h2-7H,8,19H2,1H3. The number of amides is 1. The molecule has 0 aliphatic heterocycles. The zero-order chi connectivity index (χ0) is 15.6. The maximum atomic E-state index is 12.4. The van der Waals surface area contributed by atoms with Gasteiger partial charge in [-0.15, -0.1) is 0 Å². The summed E-state index contributed by atoms with van der Waals surface area (Å²) < 4.78 is 0.972. The molecule has 0 atom stereocenters. The van der Waals surface area contributed by atoms with E-state index in [1.165, 1.54) is 12.1 Å². The molecule has 2 N–H and O–H groups in total. The molecule has 2 aromatic carbocycles. The van der Waals surface area contributed by atoms with Gasteiger partial charge in [0.05, 0.1) is 15.7 Å². The average molecular weight is 388 g/mol. The molecule has 0 bridgehead atoms. The van der Waals surface area contributed by atoms with Crippen molar-refractivity contribution in [2.45, 2.75) is 6.54 Å². The molecule has 3 nitrogen and oxygen atoms in total. The normalized spacial score (nSPS) is 10.5. The molecule has 0 unspecified atom stereocenters. The summed E-state index contributed by atoms with van der Waals surface area (Å²) in [7, 11) is 1.72. The maximum Gasteiger partial charge on any atom is 0.254 e. The van der Waals surface area contributed by atoms with Crippen molar-refractivity contribution >= 4 is 50.7 Å². The van der Waals surface area contributed by atoms with Gasteiger partial charge in [-0.05, 0) is 29.8 Å². The highest BCUT2D eigenvalue weighted by atomic mass is 79.9. The van der Waals surface area contributed by atoms with E-state index in [2.05, 4.69) is 15.9 Å². The first-order valence-corrected chi connectivity index (χ1v) is 7.68. The van der Waals surface area contributed by atoms with Crippen LogP contribution in [0.5, 0.6) is 0 Å². The summed E-state index contributed by atoms with van der Waals surface area (Å²) in [6.45, 7) is 0.485. The Hall–Kier alpha value is -1.23. The fourth-order valence-corrected chi connectivity index (χ4v) is 2.72. The molecular formula is C15H13BrCl2N2O. The van der Waals surface area contributed by atoms with Crippen LogP contribution >= 0.6 is 39.1 Å². The number of carbonyl (C=O) groups is 1. The lowest BCUT2D eigenvalue weighted by Crippen LogP contribution is -2.26. The second kappa shape index (κ2) is 6.69. The molecule has 1 amide bonds.